The number of amides is 1. The molecule has 19 heteroatoms. The van der Waals surface area contributed by atoms with Gasteiger partial charge >= 0.3 is 0 Å². The highest BCUT2D eigenvalue weighted by Crippen LogP contribution is 2.34. The number of aliphatic hydroxyl groups excluding tert-OH is 11. The van der Waals surface area contributed by atoms with E-state index >= 15 is 0 Å². The SMILES string of the molecule is CCCCCCC/C=C\C/C=C\CCCCCCCCCCCCCCCCCCCCCCCCCCCCCCCC(=O)NC(COC1OC(CO)C(OC2OC(CO)C(OC3OC(CO)C(O)C(O)C3O)C(O)C2O)C(O)C1O)C(O)/C=C/CCCCCCCCCCCCCCCCCCCC. The van der Waals surface area contributed by atoms with Crippen LogP contribution in [-0.2, 0) is 33.2 Å². The fraction of sp³-hybridized carbons (Fsp3) is 0.920. The summed E-state index contributed by atoms with van der Waals surface area (Å²) >= 11 is 0. The molecular weight excluding hydrogens is 1350 g/mol. The Morgan fingerprint density at radius 1 is 0.340 bits per heavy atom. The van der Waals surface area contributed by atoms with Crippen molar-refractivity contribution in [2.75, 3.05) is 26.4 Å². The average molecular weight is 1510 g/mol. The third-order valence-electron chi connectivity index (χ3n) is 22.2. The summed E-state index contributed by atoms with van der Waals surface area (Å²) in [5.74, 6) is -0.267. The van der Waals surface area contributed by atoms with Gasteiger partial charge in [-0.05, 0) is 51.4 Å². The van der Waals surface area contributed by atoms with E-state index in [4.69, 9.17) is 28.4 Å². The van der Waals surface area contributed by atoms with E-state index in [-0.39, 0.29) is 18.9 Å². The molecule has 1 amide bonds. The molecular formula is C87H163NO18. The number of hydrogen-bond acceptors (Lipinski definition) is 18. The van der Waals surface area contributed by atoms with Crippen LogP contribution >= 0.6 is 0 Å². The monoisotopic (exact) mass is 1510 g/mol. The van der Waals surface area contributed by atoms with E-state index < -0.39 is 124 Å². The van der Waals surface area contributed by atoms with Crippen molar-refractivity contribution in [1.29, 1.82) is 0 Å². The highest BCUT2D eigenvalue weighted by Gasteiger charge is 2.54. The van der Waals surface area contributed by atoms with Crippen molar-refractivity contribution in [2.24, 2.45) is 0 Å². The first-order valence-electron chi connectivity index (χ1n) is 44.2. The van der Waals surface area contributed by atoms with Gasteiger partial charge in [-0.3, -0.25) is 4.79 Å². The number of ether oxygens (including phenoxy) is 6. The maximum atomic E-state index is 13.5. The van der Waals surface area contributed by atoms with E-state index in [9.17, 15) is 61.0 Å². The zero-order valence-electron chi connectivity index (χ0n) is 67.2. The number of carbonyl (C=O) groups is 1. The van der Waals surface area contributed by atoms with Gasteiger partial charge < -0.3 is 89.9 Å². The van der Waals surface area contributed by atoms with Gasteiger partial charge in [-0.2, -0.15) is 0 Å². The number of hydrogen-bond donors (Lipinski definition) is 12. The zero-order valence-corrected chi connectivity index (χ0v) is 67.2. The minimum absolute atomic E-state index is 0.249. The van der Waals surface area contributed by atoms with Gasteiger partial charge in [-0.1, -0.05) is 359 Å². The Labute approximate surface area is 644 Å². The molecule has 0 bridgehead atoms. The van der Waals surface area contributed by atoms with Gasteiger partial charge in [0.25, 0.3) is 0 Å². The third-order valence-corrected chi connectivity index (χ3v) is 22.2. The molecule has 19 nitrogen and oxygen atoms in total. The highest BCUT2D eigenvalue weighted by molar-refractivity contribution is 5.76. The molecule has 0 saturated carbocycles. The Morgan fingerprint density at radius 3 is 0.962 bits per heavy atom. The van der Waals surface area contributed by atoms with Crippen LogP contribution in [-0.4, -0.2) is 193 Å². The summed E-state index contributed by atoms with van der Waals surface area (Å²) in [6, 6.07) is -0.972. The van der Waals surface area contributed by atoms with Gasteiger partial charge in [0.2, 0.25) is 5.91 Å². The van der Waals surface area contributed by atoms with Crippen molar-refractivity contribution in [2.45, 2.75) is 484 Å². The number of carbonyl (C=O) groups excluding carboxylic acids is 1. The highest BCUT2D eigenvalue weighted by atomic mass is 16.8. The zero-order chi connectivity index (χ0) is 76.7. The Kier molecular flexibility index (Phi) is 62.5. The van der Waals surface area contributed by atoms with E-state index in [1.54, 1.807) is 6.08 Å². The Balaban J connectivity index is 1.28. The lowest BCUT2D eigenvalue weighted by atomic mass is 9.96. The molecule has 0 radical (unpaired) electrons. The molecule has 3 saturated heterocycles. The summed E-state index contributed by atoms with van der Waals surface area (Å²) in [4.78, 5) is 13.5. The first-order valence-corrected chi connectivity index (χ1v) is 44.2. The Morgan fingerprint density at radius 2 is 0.623 bits per heavy atom. The van der Waals surface area contributed by atoms with Gasteiger partial charge in [0.15, 0.2) is 18.9 Å². The molecule has 3 rings (SSSR count). The lowest BCUT2D eigenvalue weighted by Crippen LogP contribution is -2.66. The smallest absolute Gasteiger partial charge is 0.220 e. The molecule has 624 valence electrons. The van der Waals surface area contributed by atoms with Crippen molar-refractivity contribution in [3.05, 3.63) is 36.5 Å². The first kappa shape index (κ1) is 98.2. The van der Waals surface area contributed by atoms with Crippen molar-refractivity contribution in [3.8, 4) is 0 Å². The van der Waals surface area contributed by atoms with Crippen LogP contribution in [0.1, 0.15) is 380 Å². The van der Waals surface area contributed by atoms with Crippen molar-refractivity contribution in [1.82, 2.24) is 5.32 Å². The normalized spacial score (nSPS) is 25.8. The quantitative estimate of drug-likeness (QED) is 0.0199. The van der Waals surface area contributed by atoms with Crippen LogP contribution in [0.2, 0.25) is 0 Å². The topological polar surface area (TPSA) is 307 Å². The van der Waals surface area contributed by atoms with Gasteiger partial charge in [0, 0.05) is 6.42 Å². The van der Waals surface area contributed by atoms with Crippen molar-refractivity contribution >= 4 is 5.91 Å². The number of unbranched alkanes of at least 4 members (excludes halogenated alkanes) is 52. The Hall–Kier alpha value is -1.99. The molecule has 12 N–H and O–H groups in total. The second-order valence-electron chi connectivity index (χ2n) is 31.7. The fourth-order valence-electron chi connectivity index (χ4n) is 15.1. The minimum Gasteiger partial charge on any atom is -0.394 e. The van der Waals surface area contributed by atoms with E-state index in [1.165, 1.54) is 302 Å². The Bertz CT molecular complexity index is 2050. The average Bonchev–Trinajstić information content (AvgIpc) is 0.780. The minimum atomic E-state index is -1.98. The van der Waals surface area contributed by atoms with E-state index in [2.05, 4.69) is 43.5 Å². The van der Waals surface area contributed by atoms with Gasteiger partial charge in [0.1, 0.15) is 73.2 Å². The number of aliphatic hydroxyl groups is 11. The lowest BCUT2D eigenvalue weighted by molar-refractivity contribution is -0.379. The lowest BCUT2D eigenvalue weighted by Gasteiger charge is -2.48. The maximum Gasteiger partial charge on any atom is 0.220 e. The molecule has 106 heavy (non-hydrogen) atoms. The van der Waals surface area contributed by atoms with Gasteiger partial charge in [-0.15, -0.1) is 0 Å². The molecule has 3 fully saturated rings. The summed E-state index contributed by atoms with van der Waals surface area (Å²) in [5, 5.41) is 121. The van der Waals surface area contributed by atoms with Crippen LogP contribution in [0.4, 0.5) is 0 Å². The van der Waals surface area contributed by atoms with Crippen LogP contribution in [0.15, 0.2) is 36.5 Å². The number of nitrogens with one attached hydrogen (secondary N) is 1. The van der Waals surface area contributed by atoms with E-state index in [0.29, 0.717) is 6.42 Å². The summed E-state index contributed by atoms with van der Waals surface area (Å²) in [6.07, 6.45) is 58.8. The molecule has 3 heterocycles. The summed E-state index contributed by atoms with van der Waals surface area (Å²) < 4.78 is 34.5. The fourth-order valence-corrected chi connectivity index (χ4v) is 15.1. The molecule has 0 aromatic carbocycles. The molecule has 0 aromatic heterocycles. The van der Waals surface area contributed by atoms with Crippen LogP contribution < -0.4 is 5.32 Å². The number of rotatable bonds is 72. The summed E-state index contributed by atoms with van der Waals surface area (Å²) in [6.45, 7) is 1.78. The molecule has 17 atom stereocenters. The molecule has 0 aliphatic carbocycles. The summed E-state index contributed by atoms with van der Waals surface area (Å²) in [7, 11) is 0. The molecule has 3 aliphatic heterocycles. The van der Waals surface area contributed by atoms with E-state index in [1.807, 2.05) is 6.08 Å². The van der Waals surface area contributed by atoms with Crippen molar-refractivity contribution in [3.63, 3.8) is 0 Å². The molecule has 3 aliphatic rings. The first-order chi connectivity index (χ1) is 51.8. The van der Waals surface area contributed by atoms with Crippen LogP contribution in [0.5, 0.6) is 0 Å². The van der Waals surface area contributed by atoms with Crippen LogP contribution in [0.25, 0.3) is 0 Å². The van der Waals surface area contributed by atoms with Crippen molar-refractivity contribution < 1.29 is 89.4 Å². The van der Waals surface area contributed by atoms with Crippen LogP contribution in [0.3, 0.4) is 0 Å². The standard InChI is InChI=1S/C87H163NO18/c1-3-5-7-9-11-13-15-17-19-21-23-25-26-27-28-29-30-31-32-33-34-35-36-37-38-39-40-41-42-43-44-45-47-49-51-53-55-57-59-61-63-65-75(93)88-70(71(92)64-62-60-58-56-54-52-50-48-46-24-22-20-18-16-14-12-10-8-6-4-2)69-101-85-81(99)78(96)83(73(67-90)103-85)106-87-82(100)79(97)84(74(68-91)104-87)105-86-80(98)77(95)76(94)72(66-89)102-86/h15,17,21,23,62,64,70-74,76-87,89-92,94-100H,3-14,16,18-20,22,24-61,63,65-69H2,1-2H3,(H,88,93)/b17-15-,23-21-,64-62+. The molecule has 17 unspecified atom stereocenters. The largest absolute Gasteiger partial charge is 0.394 e. The summed E-state index contributed by atoms with van der Waals surface area (Å²) in [5.41, 5.74) is 0. The predicted molar refractivity (Wildman–Crippen MR) is 425 cm³/mol. The van der Waals surface area contributed by atoms with E-state index in [0.717, 1.165) is 51.4 Å². The van der Waals surface area contributed by atoms with Crippen LogP contribution in [0, 0.1) is 0 Å². The van der Waals surface area contributed by atoms with Gasteiger partial charge in [-0.25, -0.2) is 0 Å². The molecule has 0 aromatic rings. The third kappa shape index (κ3) is 46.3. The maximum absolute atomic E-state index is 13.5. The number of allylic oxidation sites excluding steroid dienone is 5. The second kappa shape index (κ2) is 67.5. The molecule has 0 spiro atoms. The second-order valence-corrected chi connectivity index (χ2v) is 31.7. The predicted octanol–water partition coefficient (Wildman–Crippen LogP) is 16.2. The van der Waals surface area contributed by atoms with Gasteiger partial charge in [0.05, 0.1) is 38.6 Å².